The molecule has 1 aliphatic rings. The van der Waals surface area contributed by atoms with Gasteiger partial charge in [-0.15, -0.1) is 0 Å². The zero-order chi connectivity index (χ0) is 15.2. The molecular weight excluding hydrogens is 260 g/mol. The minimum Gasteiger partial charge on any atom is -0.444 e. The van der Waals surface area contributed by atoms with Crippen molar-refractivity contribution in [2.45, 2.75) is 64.7 Å². The molecule has 1 saturated heterocycles. The molecule has 0 unspecified atom stereocenters. The summed E-state index contributed by atoms with van der Waals surface area (Å²) in [6.07, 6.45) is 1.48. The lowest BCUT2D eigenvalue weighted by molar-refractivity contribution is -0.122. The van der Waals surface area contributed by atoms with Crippen molar-refractivity contribution in [1.82, 2.24) is 10.6 Å². The molecule has 2 amide bonds. The molecule has 0 bridgehead atoms. The Bertz CT molecular complexity index is 339. The second-order valence-corrected chi connectivity index (χ2v) is 6.07. The Labute approximate surface area is 120 Å². The Balaban J connectivity index is 2.09. The summed E-state index contributed by atoms with van der Waals surface area (Å²) in [7, 11) is 0. The summed E-state index contributed by atoms with van der Waals surface area (Å²) in [6.45, 7) is 8.52. The lowest BCUT2D eigenvalue weighted by atomic mass is 10.1. The van der Waals surface area contributed by atoms with Gasteiger partial charge in [-0.3, -0.25) is 4.79 Å². The molecular formula is C14H26N2O4. The molecule has 0 spiro atoms. The molecule has 6 nitrogen and oxygen atoms in total. The van der Waals surface area contributed by atoms with Crippen molar-refractivity contribution in [3.8, 4) is 0 Å². The fourth-order valence-corrected chi connectivity index (χ4v) is 1.95. The summed E-state index contributed by atoms with van der Waals surface area (Å²) >= 11 is 0. The van der Waals surface area contributed by atoms with Gasteiger partial charge in [0.05, 0.1) is 12.1 Å². The second-order valence-electron chi connectivity index (χ2n) is 6.07. The third-order valence-corrected chi connectivity index (χ3v) is 2.97. The van der Waals surface area contributed by atoms with E-state index in [2.05, 4.69) is 10.6 Å². The van der Waals surface area contributed by atoms with Gasteiger partial charge in [-0.2, -0.15) is 0 Å². The minimum atomic E-state index is -0.500. The van der Waals surface area contributed by atoms with Gasteiger partial charge >= 0.3 is 6.09 Å². The summed E-state index contributed by atoms with van der Waals surface area (Å²) in [6, 6.07) is 0.112. The third kappa shape index (κ3) is 6.75. The Hall–Kier alpha value is -1.30. The quantitative estimate of drug-likeness (QED) is 0.752. The first-order valence-corrected chi connectivity index (χ1v) is 7.16. The van der Waals surface area contributed by atoms with Gasteiger partial charge in [-0.25, -0.2) is 4.79 Å². The molecule has 1 aliphatic heterocycles. The highest BCUT2D eigenvalue weighted by Crippen LogP contribution is 2.12. The van der Waals surface area contributed by atoms with Gasteiger partial charge in [-0.1, -0.05) is 0 Å². The lowest BCUT2D eigenvalue weighted by Crippen LogP contribution is -2.39. The molecule has 0 saturated carbocycles. The summed E-state index contributed by atoms with van der Waals surface area (Å²) in [4.78, 5) is 23.1. The number of ether oxygens (including phenoxy) is 2. The summed E-state index contributed by atoms with van der Waals surface area (Å²) in [5.41, 5.74) is -0.500. The van der Waals surface area contributed by atoms with E-state index in [0.717, 1.165) is 6.42 Å². The summed E-state index contributed by atoms with van der Waals surface area (Å²) < 4.78 is 10.5. The molecule has 2 atom stereocenters. The molecule has 0 aromatic carbocycles. The Morgan fingerprint density at radius 3 is 2.60 bits per heavy atom. The Morgan fingerprint density at radius 1 is 1.35 bits per heavy atom. The first-order chi connectivity index (χ1) is 9.28. The van der Waals surface area contributed by atoms with Gasteiger partial charge < -0.3 is 20.1 Å². The van der Waals surface area contributed by atoms with Crippen LogP contribution in [0.4, 0.5) is 4.79 Å². The van der Waals surface area contributed by atoms with Crippen molar-refractivity contribution in [2.24, 2.45) is 0 Å². The van der Waals surface area contributed by atoms with Gasteiger partial charge in [0, 0.05) is 19.6 Å². The van der Waals surface area contributed by atoms with Crippen molar-refractivity contribution in [1.29, 1.82) is 0 Å². The van der Waals surface area contributed by atoms with E-state index >= 15 is 0 Å². The van der Waals surface area contributed by atoms with Crippen LogP contribution in [-0.2, 0) is 14.3 Å². The first-order valence-electron chi connectivity index (χ1n) is 7.16. The molecule has 1 rings (SSSR count). The van der Waals surface area contributed by atoms with Crippen LogP contribution in [0.15, 0.2) is 0 Å². The van der Waals surface area contributed by atoms with E-state index in [-0.39, 0.29) is 18.1 Å². The molecule has 6 heteroatoms. The van der Waals surface area contributed by atoms with Crippen molar-refractivity contribution >= 4 is 12.0 Å². The van der Waals surface area contributed by atoms with E-state index < -0.39 is 11.7 Å². The van der Waals surface area contributed by atoms with Gasteiger partial charge in [0.1, 0.15) is 5.60 Å². The number of rotatable bonds is 5. The van der Waals surface area contributed by atoms with Crippen LogP contribution in [0.3, 0.4) is 0 Å². The molecule has 0 aromatic rings. The average molecular weight is 286 g/mol. The lowest BCUT2D eigenvalue weighted by Gasteiger charge is -2.19. The Kier molecular flexibility index (Phi) is 6.26. The standard InChI is InChI=1S/C14H26N2O4/c1-10-11(7-9-19-10)16-12(17)6-5-8-15-13(18)20-14(2,3)4/h10-11H,5-9H2,1-4H3,(H,15,18)(H,16,17)/t10-,11+/m1/s1. The smallest absolute Gasteiger partial charge is 0.407 e. The van der Waals surface area contributed by atoms with Crippen LogP contribution in [0.1, 0.15) is 47.0 Å². The third-order valence-electron chi connectivity index (χ3n) is 2.97. The number of amides is 2. The van der Waals surface area contributed by atoms with E-state index in [9.17, 15) is 9.59 Å². The van der Waals surface area contributed by atoms with Crippen LogP contribution in [0.2, 0.25) is 0 Å². The van der Waals surface area contributed by atoms with Crippen LogP contribution in [0.25, 0.3) is 0 Å². The molecule has 20 heavy (non-hydrogen) atoms. The number of carbonyl (C=O) groups excluding carboxylic acids is 2. The second kappa shape index (κ2) is 7.47. The zero-order valence-corrected chi connectivity index (χ0v) is 12.8. The van der Waals surface area contributed by atoms with Crippen LogP contribution in [0.5, 0.6) is 0 Å². The van der Waals surface area contributed by atoms with Crippen LogP contribution < -0.4 is 10.6 Å². The maximum Gasteiger partial charge on any atom is 0.407 e. The molecule has 0 aromatic heterocycles. The molecule has 1 fully saturated rings. The van der Waals surface area contributed by atoms with Gasteiger partial charge in [0.25, 0.3) is 0 Å². The van der Waals surface area contributed by atoms with Crippen molar-refractivity contribution in [2.75, 3.05) is 13.2 Å². The van der Waals surface area contributed by atoms with Gasteiger partial charge in [0.15, 0.2) is 0 Å². The number of hydrogen-bond acceptors (Lipinski definition) is 4. The Morgan fingerprint density at radius 2 is 2.05 bits per heavy atom. The van der Waals surface area contributed by atoms with Crippen molar-refractivity contribution in [3.63, 3.8) is 0 Å². The maximum atomic E-state index is 11.7. The predicted octanol–water partition coefficient (Wildman–Crippen LogP) is 1.58. The van der Waals surface area contributed by atoms with E-state index in [1.54, 1.807) is 0 Å². The summed E-state index contributed by atoms with van der Waals surface area (Å²) in [5.74, 6) is -0.00154. The number of nitrogens with one attached hydrogen (secondary N) is 2. The minimum absolute atomic E-state index is 0.00154. The van der Waals surface area contributed by atoms with E-state index in [4.69, 9.17) is 9.47 Å². The summed E-state index contributed by atoms with van der Waals surface area (Å²) in [5, 5.41) is 5.58. The predicted molar refractivity (Wildman–Crippen MR) is 75.4 cm³/mol. The van der Waals surface area contributed by atoms with Crippen LogP contribution >= 0.6 is 0 Å². The molecule has 2 N–H and O–H groups in total. The molecule has 0 aliphatic carbocycles. The topological polar surface area (TPSA) is 76.7 Å². The maximum absolute atomic E-state index is 11.7. The largest absolute Gasteiger partial charge is 0.444 e. The number of hydrogen-bond donors (Lipinski definition) is 2. The normalized spacial score (nSPS) is 22.4. The number of alkyl carbamates (subject to hydrolysis) is 1. The molecule has 116 valence electrons. The van der Waals surface area contributed by atoms with Crippen LogP contribution in [0, 0.1) is 0 Å². The zero-order valence-electron chi connectivity index (χ0n) is 12.8. The van der Waals surface area contributed by atoms with Crippen molar-refractivity contribution in [3.05, 3.63) is 0 Å². The fraction of sp³-hybridized carbons (Fsp3) is 0.857. The fourth-order valence-electron chi connectivity index (χ4n) is 1.95. The monoisotopic (exact) mass is 286 g/mol. The molecule has 1 heterocycles. The van der Waals surface area contributed by atoms with Gasteiger partial charge in [-0.05, 0) is 40.5 Å². The highest BCUT2D eigenvalue weighted by atomic mass is 16.6. The van der Waals surface area contributed by atoms with E-state index in [1.807, 2.05) is 27.7 Å². The SMILES string of the molecule is C[C@H]1OCC[C@@H]1NC(=O)CCCNC(=O)OC(C)(C)C. The molecule has 0 radical (unpaired) electrons. The van der Waals surface area contributed by atoms with E-state index in [0.29, 0.717) is 26.0 Å². The average Bonchev–Trinajstić information content (AvgIpc) is 2.68. The highest BCUT2D eigenvalue weighted by molar-refractivity contribution is 5.76. The number of carbonyl (C=O) groups is 2. The first kappa shape index (κ1) is 16.8. The van der Waals surface area contributed by atoms with E-state index in [1.165, 1.54) is 0 Å². The van der Waals surface area contributed by atoms with Crippen molar-refractivity contribution < 1.29 is 19.1 Å². The van der Waals surface area contributed by atoms with Crippen LogP contribution in [-0.4, -0.2) is 42.9 Å². The highest BCUT2D eigenvalue weighted by Gasteiger charge is 2.25. The van der Waals surface area contributed by atoms with Gasteiger partial charge in [0.2, 0.25) is 5.91 Å².